The van der Waals surface area contributed by atoms with E-state index in [1.807, 2.05) is 19.9 Å². The van der Waals surface area contributed by atoms with E-state index in [1.54, 1.807) is 6.08 Å². The standard InChI is InChI=1S/C10H17NO4S/c1-7(2)15-8-5-4-6-11-10(14-3)9(8)16(12)13/h4-5,7,10-11H,6H2,1-3H3,(H,12,13)/t10-/m1/s1. The molecule has 1 unspecified atom stereocenters. The number of ether oxygens (including phenoxy) is 2. The summed E-state index contributed by atoms with van der Waals surface area (Å²) in [6, 6.07) is 0. The van der Waals surface area contributed by atoms with Crippen LogP contribution >= 0.6 is 0 Å². The lowest BCUT2D eigenvalue weighted by molar-refractivity contribution is 0.101. The van der Waals surface area contributed by atoms with Gasteiger partial charge < -0.3 is 14.0 Å². The molecule has 1 heterocycles. The summed E-state index contributed by atoms with van der Waals surface area (Å²) in [4.78, 5) is 0.213. The van der Waals surface area contributed by atoms with Gasteiger partial charge in [-0.3, -0.25) is 5.32 Å². The summed E-state index contributed by atoms with van der Waals surface area (Å²) in [5.74, 6) is 0.396. The second-order valence-electron chi connectivity index (χ2n) is 3.57. The second kappa shape index (κ2) is 6.15. The van der Waals surface area contributed by atoms with Gasteiger partial charge in [0.25, 0.3) is 0 Å². The zero-order valence-electron chi connectivity index (χ0n) is 9.60. The maximum atomic E-state index is 11.3. The first kappa shape index (κ1) is 13.4. The van der Waals surface area contributed by atoms with Crippen molar-refractivity contribution in [1.29, 1.82) is 0 Å². The summed E-state index contributed by atoms with van der Waals surface area (Å²) in [5, 5.41) is 2.97. The smallest absolute Gasteiger partial charge is 0.190 e. The van der Waals surface area contributed by atoms with Crippen LogP contribution in [0.3, 0.4) is 0 Å². The van der Waals surface area contributed by atoms with Crippen molar-refractivity contribution >= 4 is 11.1 Å². The minimum Gasteiger partial charge on any atom is -0.490 e. The van der Waals surface area contributed by atoms with Gasteiger partial charge in [-0.05, 0) is 19.9 Å². The van der Waals surface area contributed by atoms with Gasteiger partial charge in [0.2, 0.25) is 0 Å². The largest absolute Gasteiger partial charge is 0.490 e. The van der Waals surface area contributed by atoms with Crippen LogP contribution in [0, 0.1) is 0 Å². The molecule has 0 aromatic carbocycles. The third-order valence-corrected chi connectivity index (χ3v) is 2.75. The summed E-state index contributed by atoms with van der Waals surface area (Å²) < 4.78 is 31.2. The van der Waals surface area contributed by atoms with Crippen molar-refractivity contribution < 1.29 is 18.2 Å². The van der Waals surface area contributed by atoms with Gasteiger partial charge in [-0.25, -0.2) is 4.21 Å². The predicted octanol–water partition coefficient (Wildman–Crippen LogP) is 0.977. The minimum absolute atomic E-state index is 0.0613. The topological polar surface area (TPSA) is 67.8 Å². The molecule has 0 aliphatic carbocycles. The molecule has 6 heteroatoms. The summed E-state index contributed by atoms with van der Waals surface area (Å²) in [6.07, 6.45) is 2.85. The molecule has 0 aromatic rings. The van der Waals surface area contributed by atoms with E-state index in [0.717, 1.165) is 0 Å². The van der Waals surface area contributed by atoms with Crippen molar-refractivity contribution in [3.63, 3.8) is 0 Å². The molecule has 5 nitrogen and oxygen atoms in total. The summed E-state index contributed by atoms with van der Waals surface area (Å²) >= 11 is -2.12. The first-order chi connectivity index (χ1) is 7.56. The Kier molecular flexibility index (Phi) is 5.14. The molecule has 0 saturated heterocycles. The van der Waals surface area contributed by atoms with Gasteiger partial charge in [0.1, 0.15) is 16.9 Å². The molecule has 0 bridgehead atoms. The molecule has 1 aliphatic heterocycles. The van der Waals surface area contributed by atoms with Crippen LogP contribution in [0.4, 0.5) is 0 Å². The lowest BCUT2D eigenvalue weighted by atomic mass is 10.3. The number of hydrogen-bond acceptors (Lipinski definition) is 4. The summed E-state index contributed by atoms with van der Waals surface area (Å²) in [6.45, 7) is 4.28. The number of allylic oxidation sites excluding steroid dienone is 1. The Bertz CT molecular complexity index is 325. The van der Waals surface area contributed by atoms with E-state index in [-0.39, 0.29) is 11.0 Å². The number of nitrogens with one attached hydrogen (secondary N) is 1. The van der Waals surface area contributed by atoms with Crippen LogP contribution in [0.25, 0.3) is 0 Å². The summed E-state index contributed by atoms with van der Waals surface area (Å²) in [5.41, 5.74) is 0. The van der Waals surface area contributed by atoms with Gasteiger partial charge in [-0.15, -0.1) is 0 Å². The maximum absolute atomic E-state index is 11.3. The molecule has 0 spiro atoms. The average Bonchev–Trinajstić information content (AvgIpc) is 2.38. The SMILES string of the molecule is CO[C@H]1NCC=CC(OC(C)C)=C1S(=O)O. The Balaban J connectivity index is 3.08. The molecule has 0 radical (unpaired) electrons. The fourth-order valence-electron chi connectivity index (χ4n) is 1.36. The highest BCUT2D eigenvalue weighted by Crippen LogP contribution is 2.19. The van der Waals surface area contributed by atoms with E-state index in [2.05, 4.69) is 5.32 Å². The molecular formula is C10H17NO4S. The molecule has 1 aliphatic rings. The van der Waals surface area contributed by atoms with E-state index < -0.39 is 17.3 Å². The van der Waals surface area contributed by atoms with Crippen LogP contribution in [0.15, 0.2) is 22.8 Å². The van der Waals surface area contributed by atoms with Crippen molar-refractivity contribution in [2.45, 2.75) is 26.2 Å². The normalized spacial score (nSPS) is 23.4. The highest BCUT2D eigenvalue weighted by molar-refractivity contribution is 7.83. The third-order valence-electron chi connectivity index (χ3n) is 1.96. The minimum atomic E-state index is -2.12. The van der Waals surface area contributed by atoms with Crippen LogP contribution in [-0.4, -0.2) is 34.7 Å². The monoisotopic (exact) mass is 247 g/mol. The molecule has 0 saturated carbocycles. The van der Waals surface area contributed by atoms with Crippen LogP contribution < -0.4 is 5.32 Å². The molecule has 2 N–H and O–H groups in total. The lowest BCUT2D eigenvalue weighted by Crippen LogP contribution is -2.34. The second-order valence-corrected chi connectivity index (χ2v) is 4.51. The number of methoxy groups -OCH3 is 1. The highest BCUT2D eigenvalue weighted by Gasteiger charge is 2.25. The fourth-order valence-corrected chi connectivity index (χ4v) is 2.02. The van der Waals surface area contributed by atoms with Crippen LogP contribution in [0.1, 0.15) is 13.8 Å². The first-order valence-electron chi connectivity index (χ1n) is 5.00. The van der Waals surface area contributed by atoms with Gasteiger partial charge in [0.15, 0.2) is 11.1 Å². The quantitative estimate of drug-likeness (QED) is 0.725. The van der Waals surface area contributed by atoms with Crippen LogP contribution in [0.5, 0.6) is 0 Å². The first-order valence-corrected chi connectivity index (χ1v) is 6.11. The van der Waals surface area contributed by atoms with Crippen molar-refractivity contribution in [2.75, 3.05) is 13.7 Å². The van der Waals surface area contributed by atoms with Crippen LogP contribution in [-0.2, 0) is 20.6 Å². The molecular weight excluding hydrogens is 230 g/mol. The molecule has 92 valence electrons. The molecule has 16 heavy (non-hydrogen) atoms. The van der Waals surface area contributed by atoms with Gasteiger partial charge in [-0.1, -0.05) is 6.08 Å². The van der Waals surface area contributed by atoms with Gasteiger partial charge in [0.05, 0.1) is 6.10 Å². The highest BCUT2D eigenvalue weighted by atomic mass is 32.2. The lowest BCUT2D eigenvalue weighted by Gasteiger charge is -2.19. The van der Waals surface area contributed by atoms with Gasteiger partial charge in [0, 0.05) is 13.7 Å². The van der Waals surface area contributed by atoms with Crippen molar-refractivity contribution in [2.24, 2.45) is 0 Å². The fraction of sp³-hybridized carbons (Fsp3) is 0.600. The van der Waals surface area contributed by atoms with Gasteiger partial charge >= 0.3 is 0 Å². The Morgan fingerprint density at radius 3 is 2.81 bits per heavy atom. The Hall–Kier alpha value is -0.690. The van der Waals surface area contributed by atoms with Crippen molar-refractivity contribution in [3.05, 3.63) is 22.8 Å². The van der Waals surface area contributed by atoms with E-state index in [1.165, 1.54) is 7.11 Å². The zero-order chi connectivity index (χ0) is 12.1. The van der Waals surface area contributed by atoms with Crippen molar-refractivity contribution in [3.8, 4) is 0 Å². The van der Waals surface area contributed by atoms with E-state index in [4.69, 9.17) is 9.47 Å². The molecule has 1 rings (SSSR count). The Morgan fingerprint density at radius 1 is 1.62 bits per heavy atom. The number of rotatable bonds is 4. The summed E-state index contributed by atoms with van der Waals surface area (Å²) in [7, 11) is 1.48. The van der Waals surface area contributed by atoms with E-state index >= 15 is 0 Å². The average molecular weight is 247 g/mol. The Labute approximate surface area is 97.8 Å². The van der Waals surface area contributed by atoms with Crippen LogP contribution in [0.2, 0.25) is 0 Å². The van der Waals surface area contributed by atoms with E-state index in [9.17, 15) is 8.76 Å². The molecule has 0 aromatic heterocycles. The third kappa shape index (κ3) is 3.41. The zero-order valence-corrected chi connectivity index (χ0v) is 10.4. The van der Waals surface area contributed by atoms with Crippen molar-refractivity contribution in [1.82, 2.24) is 5.32 Å². The van der Waals surface area contributed by atoms with Gasteiger partial charge in [-0.2, -0.15) is 0 Å². The molecule has 2 atom stereocenters. The molecule has 0 amide bonds. The predicted molar refractivity (Wildman–Crippen MR) is 62.0 cm³/mol. The molecule has 0 fully saturated rings. The van der Waals surface area contributed by atoms with E-state index in [0.29, 0.717) is 12.3 Å². The maximum Gasteiger partial charge on any atom is 0.190 e. The Morgan fingerprint density at radius 2 is 2.31 bits per heavy atom. The number of hydrogen-bond donors (Lipinski definition) is 2.